The summed E-state index contributed by atoms with van der Waals surface area (Å²) in [6.45, 7) is 0. The second-order valence-electron chi connectivity index (χ2n) is 3.79. The molecule has 0 unspecified atom stereocenters. The third kappa shape index (κ3) is 1.57. The highest BCUT2D eigenvalue weighted by Gasteiger charge is 2.10. The van der Waals surface area contributed by atoms with Gasteiger partial charge in [0.05, 0.1) is 15.9 Å². The first-order valence-electron chi connectivity index (χ1n) is 5.08. The summed E-state index contributed by atoms with van der Waals surface area (Å²) in [5.41, 5.74) is 0.562. The van der Waals surface area contributed by atoms with E-state index in [1.807, 2.05) is 0 Å². The van der Waals surface area contributed by atoms with Gasteiger partial charge in [-0.2, -0.15) is 0 Å². The molecular formula is C12H6Cl2FN3. The Morgan fingerprint density at radius 2 is 2.06 bits per heavy atom. The van der Waals surface area contributed by atoms with Crippen LogP contribution in [-0.4, -0.2) is 9.38 Å². The molecule has 1 N–H and O–H groups in total. The average molecular weight is 282 g/mol. The zero-order valence-corrected chi connectivity index (χ0v) is 10.4. The molecule has 0 aliphatic rings. The second kappa shape index (κ2) is 3.93. The predicted molar refractivity (Wildman–Crippen MR) is 68.5 cm³/mol. The highest BCUT2D eigenvalue weighted by atomic mass is 35.5. The molecule has 0 saturated carbocycles. The fraction of sp³-hybridized carbons (Fsp3) is 0. The minimum atomic E-state index is -0.496. The number of hydrogen-bond acceptors (Lipinski definition) is 2. The fourth-order valence-electron chi connectivity index (χ4n) is 1.88. The molecule has 0 aliphatic carbocycles. The van der Waals surface area contributed by atoms with E-state index in [1.165, 1.54) is 22.6 Å². The van der Waals surface area contributed by atoms with E-state index in [0.717, 1.165) is 0 Å². The number of halogens is 3. The maximum Gasteiger partial charge on any atom is 0.175 e. The lowest BCUT2D eigenvalue weighted by Crippen LogP contribution is -2.16. The van der Waals surface area contributed by atoms with Gasteiger partial charge in [-0.1, -0.05) is 23.2 Å². The molecular weight excluding hydrogens is 276 g/mol. The van der Waals surface area contributed by atoms with E-state index < -0.39 is 5.82 Å². The molecule has 0 saturated heterocycles. The lowest BCUT2D eigenvalue weighted by Gasteiger charge is -2.07. The van der Waals surface area contributed by atoms with Crippen LogP contribution in [0.3, 0.4) is 0 Å². The summed E-state index contributed by atoms with van der Waals surface area (Å²) in [6, 6.07) is 5.90. The van der Waals surface area contributed by atoms with Crippen LogP contribution in [0.25, 0.3) is 16.6 Å². The third-order valence-electron chi connectivity index (χ3n) is 2.66. The van der Waals surface area contributed by atoms with Gasteiger partial charge in [0.2, 0.25) is 0 Å². The van der Waals surface area contributed by atoms with Crippen molar-refractivity contribution in [1.82, 2.24) is 9.38 Å². The van der Waals surface area contributed by atoms with Gasteiger partial charge in [0.25, 0.3) is 0 Å². The summed E-state index contributed by atoms with van der Waals surface area (Å²) in [7, 11) is 0. The molecule has 6 heteroatoms. The molecule has 0 atom stereocenters. The van der Waals surface area contributed by atoms with Crippen molar-refractivity contribution < 1.29 is 4.39 Å². The zero-order valence-electron chi connectivity index (χ0n) is 8.92. The first-order chi connectivity index (χ1) is 8.58. The van der Waals surface area contributed by atoms with Gasteiger partial charge in [-0.3, -0.25) is 9.81 Å². The Balaban J connectivity index is 2.66. The molecule has 3 nitrogen and oxygen atoms in total. The van der Waals surface area contributed by atoms with Crippen LogP contribution in [0.1, 0.15) is 0 Å². The van der Waals surface area contributed by atoms with Gasteiger partial charge < -0.3 is 0 Å². The number of fused-ring (bicyclic) bond motifs is 2. The standard InChI is InChI=1S/C12H6Cl2FN3/c13-6-4-7(14)10-9(5-6)17-12-8(15)2-1-3-18(12)11(10)16/h1-5,16H. The van der Waals surface area contributed by atoms with Crippen LogP contribution in [0.4, 0.5) is 4.39 Å². The summed E-state index contributed by atoms with van der Waals surface area (Å²) in [5.74, 6) is -0.496. The Hall–Kier alpha value is -1.65. The van der Waals surface area contributed by atoms with Crippen molar-refractivity contribution in [3.63, 3.8) is 0 Å². The molecule has 0 aliphatic heterocycles. The Kier molecular flexibility index (Phi) is 2.50. The van der Waals surface area contributed by atoms with Crippen LogP contribution in [0.15, 0.2) is 30.5 Å². The molecule has 0 radical (unpaired) electrons. The third-order valence-corrected chi connectivity index (χ3v) is 3.17. The van der Waals surface area contributed by atoms with Crippen LogP contribution >= 0.6 is 23.2 Å². The van der Waals surface area contributed by atoms with Crippen molar-refractivity contribution in [3.05, 3.63) is 51.8 Å². The van der Waals surface area contributed by atoms with Gasteiger partial charge in [-0.25, -0.2) is 9.37 Å². The summed E-state index contributed by atoms with van der Waals surface area (Å²) in [6.07, 6.45) is 1.57. The minimum Gasteiger partial charge on any atom is -0.283 e. The number of benzene rings is 1. The van der Waals surface area contributed by atoms with Crippen LogP contribution < -0.4 is 5.49 Å². The van der Waals surface area contributed by atoms with E-state index in [-0.39, 0.29) is 11.1 Å². The Bertz CT molecular complexity index is 842. The number of aromatic nitrogens is 2. The van der Waals surface area contributed by atoms with Crippen LogP contribution in [0.5, 0.6) is 0 Å². The Morgan fingerprint density at radius 1 is 1.28 bits per heavy atom. The first kappa shape index (κ1) is 11.4. The summed E-state index contributed by atoms with van der Waals surface area (Å²) in [4.78, 5) is 4.16. The predicted octanol–water partition coefficient (Wildman–Crippen LogP) is 3.41. The van der Waals surface area contributed by atoms with Crippen LogP contribution in [0, 0.1) is 11.2 Å². The SMILES string of the molecule is N=c1c2c(Cl)cc(Cl)cc2nc2c(F)cccn12. The first-order valence-corrected chi connectivity index (χ1v) is 5.84. The largest absolute Gasteiger partial charge is 0.283 e. The maximum absolute atomic E-state index is 13.7. The number of pyridine rings is 1. The highest BCUT2D eigenvalue weighted by Crippen LogP contribution is 2.24. The van der Waals surface area contributed by atoms with Crippen molar-refractivity contribution >= 4 is 39.8 Å². The molecule has 2 aromatic heterocycles. The molecule has 90 valence electrons. The number of hydrogen-bond donors (Lipinski definition) is 1. The molecule has 3 aromatic rings. The molecule has 2 heterocycles. The molecule has 3 rings (SSSR count). The van der Waals surface area contributed by atoms with E-state index in [9.17, 15) is 4.39 Å². The van der Waals surface area contributed by atoms with E-state index in [1.54, 1.807) is 12.3 Å². The number of nitrogens with zero attached hydrogens (tertiary/aromatic N) is 2. The van der Waals surface area contributed by atoms with E-state index in [2.05, 4.69) is 4.98 Å². The lowest BCUT2D eigenvalue weighted by molar-refractivity contribution is 0.627. The normalized spacial score (nSPS) is 11.3. The summed E-state index contributed by atoms with van der Waals surface area (Å²) in [5, 5.41) is 9.25. The summed E-state index contributed by atoms with van der Waals surface area (Å²) >= 11 is 11.9. The topological polar surface area (TPSA) is 41.2 Å². The zero-order chi connectivity index (χ0) is 12.9. The smallest absolute Gasteiger partial charge is 0.175 e. The number of nitrogens with one attached hydrogen (secondary N) is 1. The molecule has 0 bridgehead atoms. The highest BCUT2D eigenvalue weighted by molar-refractivity contribution is 6.38. The van der Waals surface area contributed by atoms with Gasteiger partial charge in [-0.05, 0) is 24.3 Å². The molecule has 0 spiro atoms. The molecule has 18 heavy (non-hydrogen) atoms. The minimum absolute atomic E-state index is 0.0772. The lowest BCUT2D eigenvalue weighted by atomic mass is 10.2. The molecule has 0 amide bonds. The quantitative estimate of drug-likeness (QED) is 0.631. The molecule has 1 aromatic carbocycles. The van der Waals surface area contributed by atoms with Crippen molar-refractivity contribution in [2.24, 2.45) is 0 Å². The van der Waals surface area contributed by atoms with Gasteiger partial charge in [-0.15, -0.1) is 0 Å². The Labute approximate surface area is 111 Å². The second-order valence-corrected chi connectivity index (χ2v) is 4.64. The molecule has 0 fully saturated rings. The fourth-order valence-corrected chi connectivity index (χ4v) is 2.45. The monoisotopic (exact) mass is 281 g/mol. The van der Waals surface area contributed by atoms with Gasteiger partial charge in [0.15, 0.2) is 11.5 Å². The summed E-state index contributed by atoms with van der Waals surface area (Å²) < 4.78 is 15.0. The van der Waals surface area contributed by atoms with Gasteiger partial charge in [0.1, 0.15) is 5.49 Å². The van der Waals surface area contributed by atoms with E-state index >= 15 is 0 Å². The maximum atomic E-state index is 13.7. The van der Waals surface area contributed by atoms with Gasteiger partial charge >= 0.3 is 0 Å². The Morgan fingerprint density at radius 3 is 2.83 bits per heavy atom. The van der Waals surface area contributed by atoms with Crippen molar-refractivity contribution in [1.29, 1.82) is 5.41 Å². The van der Waals surface area contributed by atoms with Crippen LogP contribution in [-0.2, 0) is 0 Å². The van der Waals surface area contributed by atoms with E-state index in [0.29, 0.717) is 20.9 Å². The van der Waals surface area contributed by atoms with Crippen molar-refractivity contribution in [3.8, 4) is 0 Å². The number of rotatable bonds is 0. The van der Waals surface area contributed by atoms with E-state index in [4.69, 9.17) is 28.6 Å². The van der Waals surface area contributed by atoms with Crippen LogP contribution in [0.2, 0.25) is 10.0 Å². The van der Waals surface area contributed by atoms with Crippen molar-refractivity contribution in [2.45, 2.75) is 0 Å². The average Bonchev–Trinajstić information content (AvgIpc) is 2.30. The van der Waals surface area contributed by atoms with Crippen molar-refractivity contribution in [2.75, 3.05) is 0 Å². The van der Waals surface area contributed by atoms with Gasteiger partial charge in [0, 0.05) is 11.2 Å².